The van der Waals surface area contributed by atoms with E-state index in [4.69, 9.17) is 16.7 Å². The summed E-state index contributed by atoms with van der Waals surface area (Å²) in [5.41, 5.74) is -0.0236. The number of aromatic nitrogens is 2. The second-order valence-corrected chi connectivity index (χ2v) is 4.57. The topological polar surface area (TPSA) is 63.1 Å². The lowest BCUT2D eigenvalue weighted by atomic mass is 10.4. The van der Waals surface area contributed by atoms with Gasteiger partial charge in [-0.25, -0.2) is 14.8 Å². The predicted octanol–water partition coefficient (Wildman–Crippen LogP) is 2.98. The predicted molar refractivity (Wildman–Crippen MR) is 64.6 cm³/mol. The fourth-order valence-electron chi connectivity index (χ4n) is 1.14. The molecular formula is C11H7ClN2O2S. The van der Waals surface area contributed by atoms with Gasteiger partial charge >= 0.3 is 5.97 Å². The summed E-state index contributed by atoms with van der Waals surface area (Å²) >= 11 is 7.11. The van der Waals surface area contributed by atoms with Crippen LogP contribution in [0.1, 0.15) is 10.5 Å². The first-order chi connectivity index (χ1) is 8.15. The molecule has 0 amide bonds. The summed E-state index contributed by atoms with van der Waals surface area (Å²) in [5.74, 6) is -1.07. The summed E-state index contributed by atoms with van der Waals surface area (Å²) in [6.45, 7) is 0. The van der Waals surface area contributed by atoms with E-state index in [-0.39, 0.29) is 5.69 Å². The minimum atomic E-state index is -1.07. The van der Waals surface area contributed by atoms with Gasteiger partial charge in [0.2, 0.25) is 0 Å². The maximum Gasteiger partial charge on any atom is 0.354 e. The Morgan fingerprint density at radius 1 is 1.35 bits per heavy atom. The zero-order chi connectivity index (χ0) is 12.3. The Balaban J connectivity index is 2.24. The summed E-state index contributed by atoms with van der Waals surface area (Å²) in [6.07, 6.45) is 1.42. The first-order valence-electron chi connectivity index (χ1n) is 4.65. The third kappa shape index (κ3) is 3.18. The highest BCUT2D eigenvalue weighted by atomic mass is 35.5. The molecule has 4 nitrogen and oxygen atoms in total. The minimum Gasteiger partial charge on any atom is -0.477 e. The van der Waals surface area contributed by atoms with E-state index in [1.807, 2.05) is 12.1 Å². The Kier molecular flexibility index (Phi) is 3.61. The highest BCUT2D eigenvalue weighted by Crippen LogP contribution is 2.26. The smallest absolute Gasteiger partial charge is 0.354 e. The van der Waals surface area contributed by atoms with E-state index < -0.39 is 5.97 Å². The molecule has 1 aromatic heterocycles. The van der Waals surface area contributed by atoms with Crippen LogP contribution in [0.5, 0.6) is 0 Å². The Bertz CT molecular complexity index is 563. The molecule has 0 aliphatic carbocycles. The van der Waals surface area contributed by atoms with Crippen LogP contribution in [-0.4, -0.2) is 21.0 Å². The molecule has 17 heavy (non-hydrogen) atoms. The molecule has 1 aromatic carbocycles. The monoisotopic (exact) mass is 266 g/mol. The minimum absolute atomic E-state index is 0.0236. The second kappa shape index (κ2) is 5.16. The van der Waals surface area contributed by atoms with Gasteiger partial charge in [0.25, 0.3) is 0 Å². The van der Waals surface area contributed by atoms with Crippen LogP contribution in [0, 0.1) is 0 Å². The molecule has 0 saturated carbocycles. The molecule has 2 rings (SSSR count). The molecule has 86 valence electrons. The number of carboxylic acid groups (broad SMARTS) is 1. The highest BCUT2D eigenvalue weighted by molar-refractivity contribution is 7.99. The van der Waals surface area contributed by atoms with Crippen LogP contribution >= 0.6 is 23.4 Å². The number of hydrogen-bond donors (Lipinski definition) is 1. The Labute approximate surface area is 107 Å². The van der Waals surface area contributed by atoms with Gasteiger partial charge in [-0.1, -0.05) is 17.7 Å². The Hall–Kier alpha value is -1.59. The SMILES string of the molecule is O=C(O)c1ccnc(Sc2cccc(Cl)c2)n1. The molecular weight excluding hydrogens is 260 g/mol. The van der Waals surface area contributed by atoms with E-state index in [0.717, 1.165) is 4.90 Å². The lowest BCUT2D eigenvalue weighted by molar-refractivity contribution is 0.0689. The van der Waals surface area contributed by atoms with Crippen LogP contribution in [0.15, 0.2) is 46.6 Å². The average Bonchev–Trinajstić information content (AvgIpc) is 2.29. The summed E-state index contributed by atoms with van der Waals surface area (Å²) < 4.78 is 0. The van der Waals surface area contributed by atoms with Crippen LogP contribution < -0.4 is 0 Å². The second-order valence-electron chi connectivity index (χ2n) is 3.09. The number of benzene rings is 1. The number of aromatic carboxylic acids is 1. The number of nitrogens with zero attached hydrogens (tertiary/aromatic N) is 2. The van der Waals surface area contributed by atoms with Gasteiger partial charge < -0.3 is 5.11 Å². The number of rotatable bonds is 3. The van der Waals surface area contributed by atoms with Gasteiger partial charge in [-0.3, -0.25) is 0 Å². The third-order valence-electron chi connectivity index (χ3n) is 1.86. The van der Waals surface area contributed by atoms with E-state index in [1.165, 1.54) is 24.0 Å². The van der Waals surface area contributed by atoms with Crippen LogP contribution in [-0.2, 0) is 0 Å². The lowest BCUT2D eigenvalue weighted by Gasteiger charge is -2.01. The first kappa shape index (κ1) is 11.9. The fraction of sp³-hybridized carbons (Fsp3) is 0. The summed E-state index contributed by atoms with van der Waals surface area (Å²) in [6, 6.07) is 8.55. The highest BCUT2D eigenvalue weighted by Gasteiger charge is 2.07. The van der Waals surface area contributed by atoms with E-state index in [2.05, 4.69) is 9.97 Å². The largest absolute Gasteiger partial charge is 0.477 e. The van der Waals surface area contributed by atoms with Crippen molar-refractivity contribution in [3.8, 4) is 0 Å². The normalized spacial score (nSPS) is 10.2. The van der Waals surface area contributed by atoms with Gasteiger partial charge in [0, 0.05) is 16.1 Å². The first-order valence-corrected chi connectivity index (χ1v) is 5.84. The molecule has 0 radical (unpaired) electrons. The van der Waals surface area contributed by atoms with Gasteiger partial charge in [-0.2, -0.15) is 0 Å². The Morgan fingerprint density at radius 2 is 2.18 bits per heavy atom. The van der Waals surface area contributed by atoms with Gasteiger partial charge in [0.1, 0.15) is 0 Å². The molecule has 0 bridgehead atoms. The molecule has 0 saturated heterocycles. The number of halogens is 1. The summed E-state index contributed by atoms with van der Waals surface area (Å²) in [5, 5.41) is 9.80. The number of carboxylic acids is 1. The third-order valence-corrected chi connectivity index (χ3v) is 2.96. The van der Waals surface area contributed by atoms with Crippen molar-refractivity contribution in [1.29, 1.82) is 0 Å². The van der Waals surface area contributed by atoms with Crippen LogP contribution in [0.2, 0.25) is 5.02 Å². The Morgan fingerprint density at radius 3 is 2.88 bits per heavy atom. The molecule has 0 spiro atoms. The zero-order valence-corrected chi connectivity index (χ0v) is 10.1. The van der Waals surface area contributed by atoms with E-state index in [1.54, 1.807) is 12.1 Å². The molecule has 1 N–H and O–H groups in total. The van der Waals surface area contributed by atoms with Crippen LogP contribution in [0.25, 0.3) is 0 Å². The number of hydrogen-bond acceptors (Lipinski definition) is 4. The van der Waals surface area contributed by atoms with Gasteiger partial charge in [-0.05, 0) is 36.0 Å². The van der Waals surface area contributed by atoms with Gasteiger partial charge in [0.15, 0.2) is 10.9 Å². The van der Waals surface area contributed by atoms with E-state index >= 15 is 0 Å². The van der Waals surface area contributed by atoms with Crippen molar-refractivity contribution >= 4 is 29.3 Å². The average molecular weight is 267 g/mol. The van der Waals surface area contributed by atoms with Crippen molar-refractivity contribution < 1.29 is 9.90 Å². The van der Waals surface area contributed by atoms with Crippen molar-refractivity contribution in [2.45, 2.75) is 10.1 Å². The maximum atomic E-state index is 10.7. The molecule has 0 aliphatic rings. The van der Waals surface area contributed by atoms with E-state index in [0.29, 0.717) is 10.2 Å². The van der Waals surface area contributed by atoms with Crippen molar-refractivity contribution in [2.24, 2.45) is 0 Å². The van der Waals surface area contributed by atoms with Gasteiger partial charge in [-0.15, -0.1) is 0 Å². The number of carbonyl (C=O) groups is 1. The molecule has 1 heterocycles. The quantitative estimate of drug-likeness (QED) is 0.866. The summed E-state index contributed by atoms with van der Waals surface area (Å²) in [7, 11) is 0. The zero-order valence-electron chi connectivity index (χ0n) is 8.50. The standard InChI is InChI=1S/C11H7ClN2O2S/c12-7-2-1-3-8(6-7)17-11-13-5-4-9(14-11)10(15)16/h1-6H,(H,15,16). The molecule has 0 atom stereocenters. The van der Waals surface area contributed by atoms with Crippen molar-refractivity contribution in [1.82, 2.24) is 9.97 Å². The van der Waals surface area contributed by atoms with Gasteiger partial charge in [0.05, 0.1) is 0 Å². The molecule has 6 heteroatoms. The maximum absolute atomic E-state index is 10.7. The van der Waals surface area contributed by atoms with Crippen molar-refractivity contribution in [3.63, 3.8) is 0 Å². The summed E-state index contributed by atoms with van der Waals surface area (Å²) in [4.78, 5) is 19.5. The van der Waals surface area contributed by atoms with Crippen LogP contribution in [0.4, 0.5) is 0 Å². The fourth-order valence-corrected chi connectivity index (χ4v) is 2.20. The van der Waals surface area contributed by atoms with Crippen LogP contribution in [0.3, 0.4) is 0 Å². The van der Waals surface area contributed by atoms with Crippen molar-refractivity contribution in [3.05, 3.63) is 47.2 Å². The molecule has 2 aromatic rings. The molecule has 0 aliphatic heterocycles. The molecule has 0 unspecified atom stereocenters. The lowest BCUT2D eigenvalue weighted by Crippen LogP contribution is -2.01. The molecule has 0 fully saturated rings. The van der Waals surface area contributed by atoms with E-state index in [9.17, 15) is 4.79 Å². The van der Waals surface area contributed by atoms with Crippen molar-refractivity contribution in [2.75, 3.05) is 0 Å².